The number of halogens is 2. The van der Waals surface area contributed by atoms with Crippen LogP contribution in [-0.4, -0.2) is 0 Å². The molecule has 0 unspecified atom stereocenters. The first-order valence-corrected chi connectivity index (χ1v) is 21.3. The summed E-state index contributed by atoms with van der Waals surface area (Å²) in [4.78, 5) is 0. The molecule has 220 valence electrons. The minimum atomic E-state index is -0.826. The molecule has 0 nitrogen and oxygen atoms in total. The molecule has 0 saturated carbocycles. The van der Waals surface area contributed by atoms with Crippen molar-refractivity contribution in [2.75, 3.05) is 0 Å². The van der Waals surface area contributed by atoms with Crippen molar-refractivity contribution in [3.05, 3.63) is 104 Å². The van der Waals surface area contributed by atoms with Crippen LogP contribution in [-0.2, 0) is 38.1 Å². The van der Waals surface area contributed by atoms with E-state index >= 15 is 0 Å². The number of aryl methyl sites for hydroxylation is 6. The average molecular weight is 677 g/mol. The molecule has 4 aromatic rings. The molecular weight excluding hydrogens is 631 g/mol. The molecule has 0 amide bonds. The number of hydrogen-bond donors (Lipinski definition) is 0. The van der Waals surface area contributed by atoms with E-state index in [-0.39, 0.29) is 10.8 Å². The number of fused-ring (bicyclic) bond motifs is 3. The Kier molecular flexibility index (Phi) is 9.80. The van der Waals surface area contributed by atoms with E-state index in [0.29, 0.717) is 0 Å². The van der Waals surface area contributed by atoms with Gasteiger partial charge in [-0.15, -0.1) is 0 Å². The van der Waals surface area contributed by atoms with Crippen LogP contribution in [0.3, 0.4) is 0 Å². The number of hydrogen-bond acceptors (Lipinski definition) is 0. The second kappa shape index (κ2) is 12.4. The number of benzene rings is 4. The Labute approximate surface area is 273 Å². The summed E-state index contributed by atoms with van der Waals surface area (Å²) >= 11 is -0.826. The third-order valence-electron chi connectivity index (χ3n) is 8.67. The molecule has 0 aliphatic heterocycles. The molecule has 0 saturated heterocycles. The van der Waals surface area contributed by atoms with E-state index < -0.39 is 20.8 Å². The Balaban J connectivity index is 0.00000129. The van der Waals surface area contributed by atoms with Crippen LogP contribution in [0.2, 0.25) is 0 Å². The van der Waals surface area contributed by atoms with Crippen LogP contribution in [0.25, 0.3) is 33.4 Å². The van der Waals surface area contributed by atoms with Crippen molar-refractivity contribution in [1.82, 2.24) is 0 Å². The number of rotatable bonds is 2. The Morgan fingerprint density at radius 3 is 1.02 bits per heavy atom. The summed E-state index contributed by atoms with van der Waals surface area (Å²) in [5, 5.41) is 0. The van der Waals surface area contributed by atoms with E-state index in [9.17, 15) is 0 Å². The van der Waals surface area contributed by atoms with Crippen LogP contribution in [0.4, 0.5) is 0 Å². The van der Waals surface area contributed by atoms with Crippen molar-refractivity contribution < 1.29 is 20.8 Å². The van der Waals surface area contributed by atoms with Gasteiger partial charge in [0.1, 0.15) is 0 Å². The van der Waals surface area contributed by atoms with Crippen LogP contribution in [0.1, 0.15) is 97.2 Å². The van der Waals surface area contributed by atoms with E-state index in [1.54, 1.807) is 0 Å². The van der Waals surface area contributed by atoms with Crippen molar-refractivity contribution in [3.8, 4) is 33.4 Å². The summed E-state index contributed by atoms with van der Waals surface area (Å²) in [7, 11) is 9.87. The second-order valence-corrected chi connectivity index (χ2v) is 18.1. The van der Waals surface area contributed by atoms with Crippen molar-refractivity contribution in [1.29, 1.82) is 0 Å². The summed E-state index contributed by atoms with van der Waals surface area (Å²) in [6, 6.07) is 19.5. The Hall–Kier alpha value is -1.66. The van der Waals surface area contributed by atoms with Gasteiger partial charge in [0.15, 0.2) is 0 Å². The summed E-state index contributed by atoms with van der Waals surface area (Å²) in [5.41, 5.74) is 22.5. The van der Waals surface area contributed by atoms with Gasteiger partial charge in [0.25, 0.3) is 0 Å². The quantitative estimate of drug-likeness (QED) is 0.175. The first kappa shape index (κ1) is 33.2. The molecule has 0 bridgehead atoms. The fourth-order valence-corrected chi connectivity index (χ4v) is 7.15. The van der Waals surface area contributed by atoms with E-state index in [1.165, 1.54) is 89.0 Å². The first-order valence-electron chi connectivity index (χ1n) is 15.0. The van der Waals surface area contributed by atoms with Gasteiger partial charge in [-0.05, 0) is 161 Å². The van der Waals surface area contributed by atoms with Crippen molar-refractivity contribution in [2.45, 2.75) is 100 Å². The predicted octanol–water partition coefficient (Wildman–Crippen LogP) is 12.4. The molecule has 1 aliphatic rings. The van der Waals surface area contributed by atoms with Gasteiger partial charge in [-0.25, -0.2) is 0 Å². The Bertz CT molecular complexity index is 1490. The molecule has 4 aromatic carbocycles. The molecule has 0 N–H and O–H groups in total. The Morgan fingerprint density at radius 1 is 0.476 bits per heavy atom. The van der Waals surface area contributed by atoms with Gasteiger partial charge in [0.05, 0.1) is 0 Å². The summed E-state index contributed by atoms with van der Waals surface area (Å²) in [5.74, 6) is 0. The first-order chi connectivity index (χ1) is 19.5. The van der Waals surface area contributed by atoms with E-state index in [0.717, 1.165) is 6.42 Å². The van der Waals surface area contributed by atoms with E-state index in [1.807, 2.05) is 0 Å². The SMILES string of the molecule is Cc1cc(C)c(-c2cc3c(cc2C(C)(C)C)-c2cc(C(C)(C)C)c(-c4c(C)cc(C)cc4C)cc2C3)c(C)c1.[Cl][Zr][Cl]. The summed E-state index contributed by atoms with van der Waals surface area (Å²) < 4.78 is 0. The molecule has 0 heterocycles. The van der Waals surface area contributed by atoms with Crippen LogP contribution in [0.15, 0.2) is 48.5 Å². The van der Waals surface area contributed by atoms with Crippen LogP contribution in [0.5, 0.6) is 0 Å². The van der Waals surface area contributed by atoms with Gasteiger partial charge in [-0.2, -0.15) is 0 Å². The van der Waals surface area contributed by atoms with Gasteiger partial charge in [0, 0.05) is 0 Å². The van der Waals surface area contributed by atoms with Gasteiger partial charge < -0.3 is 0 Å². The van der Waals surface area contributed by atoms with Crippen LogP contribution < -0.4 is 0 Å². The normalized spacial score (nSPS) is 12.4. The zero-order chi connectivity index (χ0) is 31.3. The summed E-state index contributed by atoms with van der Waals surface area (Å²) in [6.45, 7) is 27.7. The molecule has 5 rings (SSSR count). The standard InChI is InChI=1S/C39H46.2ClH.Zr/c1-22-13-24(3)36(25(4)14-22)32-18-28-17-29-19-33(37-26(5)15-23(2)16-27(37)6)35(39(10,11)12)21-31(29)30(28)20-34(32)38(7,8)9;;;/h13-16,18-21H,17H2,1-12H3;2*1H;/q;;;+2/p-2. The Morgan fingerprint density at radius 2 is 0.762 bits per heavy atom. The van der Waals surface area contributed by atoms with Crippen molar-refractivity contribution >= 4 is 17.0 Å². The van der Waals surface area contributed by atoms with Gasteiger partial charge >= 0.3 is 37.9 Å². The van der Waals surface area contributed by atoms with E-state index in [4.69, 9.17) is 17.0 Å². The molecule has 0 radical (unpaired) electrons. The zero-order valence-electron chi connectivity index (χ0n) is 27.6. The van der Waals surface area contributed by atoms with Crippen molar-refractivity contribution in [3.63, 3.8) is 0 Å². The predicted molar refractivity (Wildman–Crippen MR) is 183 cm³/mol. The molecule has 0 aromatic heterocycles. The topological polar surface area (TPSA) is 0 Å². The fraction of sp³-hybridized carbons (Fsp3) is 0.385. The average Bonchev–Trinajstić information content (AvgIpc) is 3.17. The van der Waals surface area contributed by atoms with Crippen LogP contribution in [0, 0.1) is 41.5 Å². The molecule has 42 heavy (non-hydrogen) atoms. The van der Waals surface area contributed by atoms with Gasteiger partial charge in [-0.1, -0.05) is 76.9 Å². The van der Waals surface area contributed by atoms with Gasteiger partial charge in [-0.3, -0.25) is 0 Å². The molecular formula is C39H46Cl2Zr. The molecule has 3 heteroatoms. The zero-order valence-corrected chi connectivity index (χ0v) is 31.6. The van der Waals surface area contributed by atoms with Crippen molar-refractivity contribution in [2.24, 2.45) is 0 Å². The monoisotopic (exact) mass is 674 g/mol. The molecule has 0 spiro atoms. The summed E-state index contributed by atoms with van der Waals surface area (Å²) in [6.07, 6.45) is 0.993. The van der Waals surface area contributed by atoms with Gasteiger partial charge in [0.2, 0.25) is 0 Å². The minimum absolute atomic E-state index is 0.0415. The van der Waals surface area contributed by atoms with E-state index in [2.05, 4.69) is 132 Å². The van der Waals surface area contributed by atoms with Crippen LogP contribution >= 0.6 is 17.0 Å². The fourth-order valence-electron chi connectivity index (χ4n) is 7.15. The molecule has 1 aliphatic carbocycles. The third-order valence-corrected chi connectivity index (χ3v) is 8.67. The molecule has 0 fully saturated rings. The maximum atomic E-state index is 4.93. The maximum absolute atomic E-state index is 4.93. The third kappa shape index (κ3) is 6.55. The second-order valence-electron chi connectivity index (χ2n) is 14.4. The molecule has 0 atom stereocenters.